The summed E-state index contributed by atoms with van der Waals surface area (Å²) in [5, 5.41) is 10.7. The van der Waals surface area contributed by atoms with Crippen molar-refractivity contribution in [1.82, 2.24) is 0 Å². The minimum Gasteiger partial charge on any atom is -0.210 e. The van der Waals surface area contributed by atoms with Gasteiger partial charge >= 0.3 is 6.18 Å². The molecule has 0 aromatic heterocycles. The molecule has 0 fully saturated rings. The van der Waals surface area contributed by atoms with Crippen LogP contribution in [-0.4, -0.2) is 0 Å². The zero-order valence-corrected chi connectivity index (χ0v) is 7.06. The fourth-order valence-corrected chi connectivity index (χ4v) is 1.14. The van der Waals surface area contributed by atoms with Crippen molar-refractivity contribution in [3.63, 3.8) is 0 Å². The Hall–Kier alpha value is -0.740. The van der Waals surface area contributed by atoms with E-state index in [2.05, 4.69) is 0 Å². The third kappa shape index (κ3) is 2.35. The molecule has 71 valence electrons. The van der Waals surface area contributed by atoms with E-state index in [0.29, 0.717) is 0 Å². The summed E-state index contributed by atoms with van der Waals surface area (Å²) in [7, 11) is 0. The van der Waals surface area contributed by atoms with Crippen LogP contribution in [0.15, 0.2) is 24.3 Å². The molecule has 1 rings (SSSR count). The van der Waals surface area contributed by atoms with Gasteiger partial charge in [0.2, 0.25) is 0 Å². The van der Waals surface area contributed by atoms with Gasteiger partial charge in [0, 0.05) is 5.56 Å². The van der Waals surface area contributed by atoms with Crippen LogP contribution in [0.25, 0.3) is 0 Å². The van der Waals surface area contributed by atoms with E-state index >= 15 is 0 Å². The van der Waals surface area contributed by atoms with Gasteiger partial charge in [0.25, 0.3) is 0 Å². The second kappa shape index (κ2) is 3.55. The predicted molar refractivity (Wildman–Crippen MR) is 40.7 cm³/mol. The van der Waals surface area contributed by atoms with Crippen molar-refractivity contribution in [3.05, 3.63) is 35.4 Å². The van der Waals surface area contributed by atoms with Crippen LogP contribution < -0.4 is 0 Å². The molecule has 0 amide bonds. The zero-order chi connectivity index (χ0) is 10.1. The highest BCUT2D eigenvalue weighted by Crippen LogP contribution is 2.35. The summed E-state index contributed by atoms with van der Waals surface area (Å²) in [5.74, 6) is 0. The van der Waals surface area contributed by atoms with E-state index in [0.717, 1.165) is 12.1 Å². The summed E-state index contributed by atoms with van der Waals surface area (Å²) < 4.78 is 36.6. The molecular weight excluding hydrogens is 205 g/mol. The average Bonchev–Trinajstić information content (AvgIpc) is 2.03. The van der Waals surface area contributed by atoms with Gasteiger partial charge in [-0.05, 0) is 6.07 Å². The average molecular weight is 210 g/mol. The first-order valence-electron chi connectivity index (χ1n) is 3.39. The molecule has 0 aliphatic heterocycles. The largest absolute Gasteiger partial charge is 0.416 e. The van der Waals surface area contributed by atoms with Crippen molar-refractivity contribution < 1.29 is 18.3 Å². The molecule has 1 radical (unpaired) electrons. The Balaban J connectivity index is 3.20. The van der Waals surface area contributed by atoms with Gasteiger partial charge in [0.05, 0.1) is 5.56 Å². The number of halogens is 4. The molecule has 0 aliphatic rings. The van der Waals surface area contributed by atoms with Crippen molar-refractivity contribution in [1.29, 1.82) is 0 Å². The fourth-order valence-electron chi connectivity index (χ4n) is 0.953. The Labute approximate surface area is 77.8 Å². The van der Waals surface area contributed by atoms with E-state index in [-0.39, 0.29) is 0 Å². The lowest BCUT2D eigenvalue weighted by molar-refractivity contribution is -0.139. The van der Waals surface area contributed by atoms with Gasteiger partial charge in [-0.15, -0.1) is 0 Å². The summed E-state index contributed by atoms with van der Waals surface area (Å²) >= 11 is 5.06. The highest BCUT2D eigenvalue weighted by molar-refractivity contribution is 6.19. The number of benzene rings is 1. The monoisotopic (exact) mass is 209 g/mol. The maximum atomic E-state index is 12.2. The SMILES string of the molecule is [O]C(Cl)c1ccccc1C(F)(F)F. The second-order valence-corrected chi connectivity index (χ2v) is 2.80. The standard InChI is InChI=1S/C8H5ClF3O/c9-7(13)5-3-1-2-4-6(5)8(10,11)12/h1-4,7H. The van der Waals surface area contributed by atoms with E-state index in [1.807, 2.05) is 0 Å². The minimum atomic E-state index is -4.52. The molecular formula is C8H5ClF3O. The van der Waals surface area contributed by atoms with E-state index in [9.17, 15) is 18.3 Å². The lowest BCUT2D eigenvalue weighted by atomic mass is 10.1. The Morgan fingerprint density at radius 2 is 1.77 bits per heavy atom. The highest BCUT2D eigenvalue weighted by atomic mass is 35.5. The molecule has 1 nitrogen and oxygen atoms in total. The summed E-state index contributed by atoms with van der Waals surface area (Å²) in [4.78, 5) is 0. The Bertz CT molecular complexity index is 296. The van der Waals surface area contributed by atoms with E-state index in [4.69, 9.17) is 11.6 Å². The second-order valence-electron chi connectivity index (χ2n) is 2.40. The summed E-state index contributed by atoms with van der Waals surface area (Å²) in [6.45, 7) is 0. The van der Waals surface area contributed by atoms with Crippen LogP contribution in [0.4, 0.5) is 13.2 Å². The molecule has 0 spiro atoms. The summed E-state index contributed by atoms with van der Waals surface area (Å²) in [5.41, 5.74) is -3.28. The molecule has 5 heteroatoms. The topological polar surface area (TPSA) is 19.9 Å². The van der Waals surface area contributed by atoms with Gasteiger partial charge in [-0.2, -0.15) is 13.2 Å². The van der Waals surface area contributed by atoms with Crippen LogP contribution in [0.5, 0.6) is 0 Å². The van der Waals surface area contributed by atoms with Gasteiger partial charge in [-0.1, -0.05) is 29.8 Å². The number of hydrogen-bond acceptors (Lipinski definition) is 0. The van der Waals surface area contributed by atoms with Gasteiger partial charge < -0.3 is 0 Å². The molecule has 0 heterocycles. The summed E-state index contributed by atoms with van der Waals surface area (Å²) in [6.07, 6.45) is -4.52. The maximum Gasteiger partial charge on any atom is 0.416 e. The molecule has 1 unspecified atom stereocenters. The third-order valence-electron chi connectivity index (χ3n) is 1.51. The molecule has 0 saturated heterocycles. The van der Waals surface area contributed by atoms with Gasteiger partial charge in [-0.3, -0.25) is 0 Å². The Morgan fingerprint density at radius 1 is 1.23 bits per heavy atom. The number of hydrogen-bond donors (Lipinski definition) is 0. The van der Waals surface area contributed by atoms with Crippen molar-refractivity contribution in [3.8, 4) is 0 Å². The maximum absolute atomic E-state index is 12.2. The first kappa shape index (κ1) is 10.3. The van der Waals surface area contributed by atoms with Crippen LogP contribution >= 0.6 is 11.6 Å². The van der Waals surface area contributed by atoms with Gasteiger partial charge in [0.15, 0.2) is 5.56 Å². The normalized spacial score (nSPS) is 14.2. The smallest absolute Gasteiger partial charge is 0.210 e. The van der Waals surface area contributed by atoms with Crippen molar-refractivity contribution >= 4 is 11.6 Å². The number of rotatable bonds is 1. The minimum absolute atomic E-state index is 0.434. The van der Waals surface area contributed by atoms with Crippen LogP contribution in [0, 0.1) is 0 Å². The zero-order valence-electron chi connectivity index (χ0n) is 6.31. The quantitative estimate of drug-likeness (QED) is 0.632. The fraction of sp³-hybridized carbons (Fsp3) is 0.250. The lowest BCUT2D eigenvalue weighted by Gasteiger charge is -2.11. The Kier molecular flexibility index (Phi) is 2.83. The van der Waals surface area contributed by atoms with Crippen LogP contribution in [0.1, 0.15) is 16.7 Å². The first-order valence-corrected chi connectivity index (χ1v) is 3.82. The molecule has 0 saturated carbocycles. The van der Waals surface area contributed by atoms with Crippen LogP contribution in [-0.2, 0) is 11.3 Å². The van der Waals surface area contributed by atoms with Crippen molar-refractivity contribution in [2.75, 3.05) is 0 Å². The highest BCUT2D eigenvalue weighted by Gasteiger charge is 2.34. The number of alkyl halides is 4. The molecule has 1 aromatic carbocycles. The molecule has 0 aliphatic carbocycles. The van der Waals surface area contributed by atoms with E-state index < -0.39 is 22.9 Å². The van der Waals surface area contributed by atoms with Gasteiger partial charge in [0.1, 0.15) is 0 Å². The first-order chi connectivity index (χ1) is 5.93. The lowest BCUT2D eigenvalue weighted by Crippen LogP contribution is -2.09. The molecule has 13 heavy (non-hydrogen) atoms. The predicted octanol–water partition coefficient (Wildman–Crippen LogP) is 3.37. The van der Waals surface area contributed by atoms with Crippen molar-refractivity contribution in [2.24, 2.45) is 0 Å². The van der Waals surface area contributed by atoms with Gasteiger partial charge in [-0.25, -0.2) is 5.11 Å². The molecule has 0 bridgehead atoms. The third-order valence-corrected chi connectivity index (χ3v) is 1.75. The molecule has 1 atom stereocenters. The Morgan fingerprint density at radius 3 is 2.15 bits per heavy atom. The van der Waals surface area contributed by atoms with E-state index in [1.54, 1.807) is 0 Å². The van der Waals surface area contributed by atoms with E-state index in [1.165, 1.54) is 12.1 Å². The van der Waals surface area contributed by atoms with Crippen LogP contribution in [0.2, 0.25) is 0 Å². The van der Waals surface area contributed by atoms with Crippen molar-refractivity contribution in [2.45, 2.75) is 11.7 Å². The molecule has 1 aromatic rings. The van der Waals surface area contributed by atoms with Crippen LogP contribution in [0.3, 0.4) is 0 Å². The summed E-state index contributed by atoms with van der Waals surface area (Å²) in [6, 6.07) is 4.47. The molecule has 0 N–H and O–H groups in total.